The van der Waals surface area contributed by atoms with Crippen LogP contribution in [0.1, 0.15) is 0 Å². The second-order valence-corrected chi connectivity index (χ2v) is 5.36. The van der Waals surface area contributed by atoms with E-state index in [0.29, 0.717) is 11.3 Å². The van der Waals surface area contributed by atoms with Crippen LogP contribution in [0.15, 0.2) is 70.3 Å². The average molecular weight is 332 g/mol. The molecular formula is C18H12N4O3. The van der Waals surface area contributed by atoms with E-state index in [0.717, 1.165) is 0 Å². The van der Waals surface area contributed by atoms with Crippen molar-refractivity contribution in [3.63, 3.8) is 0 Å². The fraction of sp³-hybridized carbons (Fsp3) is 0. The summed E-state index contributed by atoms with van der Waals surface area (Å²) < 4.78 is 1.21. The first-order chi connectivity index (χ1) is 12.1. The Bertz CT molecular complexity index is 1180. The van der Waals surface area contributed by atoms with Gasteiger partial charge in [-0.25, -0.2) is 14.3 Å². The molecule has 0 saturated carbocycles. The Hall–Kier alpha value is -3.74. The van der Waals surface area contributed by atoms with Gasteiger partial charge in [0.25, 0.3) is 5.56 Å². The van der Waals surface area contributed by atoms with E-state index in [9.17, 15) is 14.7 Å². The normalized spacial score (nSPS) is 10.9. The summed E-state index contributed by atoms with van der Waals surface area (Å²) in [7, 11) is 0. The number of aromatic amines is 1. The van der Waals surface area contributed by atoms with Crippen LogP contribution in [0, 0.1) is 0 Å². The maximum absolute atomic E-state index is 12.3. The first kappa shape index (κ1) is 14.8. The molecular weight excluding hydrogens is 320 g/mol. The van der Waals surface area contributed by atoms with Gasteiger partial charge in [0.1, 0.15) is 5.69 Å². The summed E-state index contributed by atoms with van der Waals surface area (Å²) in [6, 6.07) is 17.6. The molecule has 7 nitrogen and oxygen atoms in total. The predicted molar refractivity (Wildman–Crippen MR) is 92.9 cm³/mol. The summed E-state index contributed by atoms with van der Waals surface area (Å²) in [5.41, 5.74) is -0.0306. The molecule has 4 rings (SSSR count). The van der Waals surface area contributed by atoms with Crippen LogP contribution in [0.5, 0.6) is 5.88 Å². The van der Waals surface area contributed by atoms with Gasteiger partial charge >= 0.3 is 5.69 Å². The minimum atomic E-state index is -0.656. The van der Waals surface area contributed by atoms with E-state index in [2.05, 4.69) is 15.0 Å². The Kier molecular flexibility index (Phi) is 3.39. The summed E-state index contributed by atoms with van der Waals surface area (Å²) in [5.74, 6) is -0.353. The van der Waals surface area contributed by atoms with E-state index in [4.69, 9.17) is 0 Å². The van der Waals surface area contributed by atoms with Gasteiger partial charge < -0.3 is 5.11 Å². The molecule has 7 heteroatoms. The molecule has 0 fully saturated rings. The average Bonchev–Trinajstić information content (AvgIpc) is 2.63. The van der Waals surface area contributed by atoms with E-state index >= 15 is 0 Å². The number of para-hydroxylation sites is 1. The zero-order valence-corrected chi connectivity index (χ0v) is 12.9. The number of nitrogens with zero attached hydrogens (tertiary/aromatic N) is 3. The van der Waals surface area contributed by atoms with Crippen LogP contribution in [0.4, 0.5) is 0 Å². The standard InChI is InChI=1S/C18H12N4O3/c23-16-13(11-7-3-1-4-8-11)19-14-15(20-16)22(18(25)21-17(14)24)12-9-5-2-6-10-12/h1-10H,(H,20,23)(H,21,24,25). The summed E-state index contributed by atoms with van der Waals surface area (Å²) in [6.07, 6.45) is 0. The first-order valence-electron chi connectivity index (χ1n) is 7.52. The van der Waals surface area contributed by atoms with Crippen LogP contribution in [-0.4, -0.2) is 24.6 Å². The quantitative estimate of drug-likeness (QED) is 0.583. The second-order valence-electron chi connectivity index (χ2n) is 5.36. The molecule has 25 heavy (non-hydrogen) atoms. The lowest BCUT2D eigenvalue weighted by Gasteiger charge is -2.10. The highest BCUT2D eigenvalue weighted by Gasteiger charge is 2.17. The zero-order chi connectivity index (χ0) is 17.4. The molecule has 0 saturated heterocycles. The third-order valence-electron chi connectivity index (χ3n) is 3.77. The molecule has 0 aliphatic heterocycles. The third kappa shape index (κ3) is 2.47. The molecule has 0 atom stereocenters. The molecule has 2 N–H and O–H groups in total. The van der Waals surface area contributed by atoms with Crippen molar-refractivity contribution in [2.24, 2.45) is 0 Å². The van der Waals surface area contributed by atoms with Crippen LogP contribution in [-0.2, 0) is 0 Å². The maximum Gasteiger partial charge on any atom is 0.334 e. The van der Waals surface area contributed by atoms with E-state index in [-0.39, 0.29) is 22.7 Å². The Morgan fingerprint density at radius 1 is 0.880 bits per heavy atom. The molecule has 0 aliphatic rings. The fourth-order valence-electron chi connectivity index (χ4n) is 2.64. The molecule has 0 spiro atoms. The first-order valence-corrected chi connectivity index (χ1v) is 7.52. The van der Waals surface area contributed by atoms with E-state index in [1.165, 1.54) is 4.57 Å². The van der Waals surface area contributed by atoms with Crippen LogP contribution in [0.2, 0.25) is 0 Å². The molecule has 0 bridgehead atoms. The van der Waals surface area contributed by atoms with Crippen molar-refractivity contribution in [2.45, 2.75) is 0 Å². The van der Waals surface area contributed by atoms with Gasteiger partial charge in [-0.15, -0.1) is 0 Å². The van der Waals surface area contributed by atoms with Gasteiger partial charge in [-0.3, -0.25) is 9.78 Å². The molecule has 2 aromatic heterocycles. The Labute approximate surface area is 140 Å². The number of hydrogen-bond acceptors (Lipinski definition) is 5. The van der Waals surface area contributed by atoms with Crippen molar-refractivity contribution in [3.8, 4) is 22.8 Å². The predicted octanol–water partition coefficient (Wildman–Crippen LogP) is 1.84. The number of hydrogen-bond donors (Lipinski definition) is 2. The topological polar surface area (TPSA) is 101 Å². The number of rotatable bonds is 2. The number of aromatic nitrogens is 4. The van der Waals surface area contributed by atoms with Gasteiger partial charge in [-0.1, -0.05) is 48.5 Å². The molecule has 0 unspecified atom stereocenters. The van der Waals surface area contributed by atoms with Crippen molar-refractivity contribution >= 4 is 11.2 Å². The smallest absolute Gasteiger partial charge is 0.334 e. The highest BCUT2D eigenvalue weighted by Crippen LogP contribution is 2.26. The Balaban J connectivity index is 2.09. The van der Waals surface area contributed by atoms with Crippen molar-refractivity contribution in [1.82, 2.24) is 19.5 Å². The fourth-order valence-corrected chi connectivity index (χ4v) is 2.64. The Morgan fingerprint density at radius 2 is 1.52 bits per heavy atom. The molecule has 0 radical (unpaired) electrons. The number of aromatic hydroxyl groups is 1. The van der Waals surface area contributed by atoms with Gasteiger partial charge in [-0.2, -0.15) is 4.98 Å². The van der Waals surface area contributed by atoms with E-state index in [1.54, 1.807) is 54.6 Å². The van der Waals surface area contributed by atoms with E-state index in [1.807, 2.05) is 6.07 Å². The number of H-pyrrole nitrogens is 1. The van der Waals surface area contributed by atoms with Crippen LogP contribution in [0.3, 0.4) is 0 Å². The summed E-state index contributed by atoms with van der Waals surface area (Å²) in [5, 5.41) is 10.3. The van der Waals surface area contributed by atoms with Crippen LogP contribution >= 0.6 is 0 Å². The number of benzene rings is 2. The van der Waals surface area contributed by atoms with Crippen molar-refractivity contribution in [1.29, 1.82) is 0 Å². The molecule has 4 aromatic rings. The van der Waals surface area contributed by atoms with Gasteiger partial charge in [0.2, 0.25) is 5.88 Å². The van der Waals surface area contributed by atoms with Crippen molar-refractivity contribution in [2.75, 3.05) is 0 Å². The summed E-state index contributed by atoms with van der Waals surface area (Å²) in [6.45, 7) is 0. The van der Waals surface area contributed by atoms with Gasteiger partial charge in [0.15, 0.2) is 11.2 Å². The molecule has 0 amide bonds. The van der Waals surface area contributed by atoms with Crippen molar-refractivity contribution in [3.05, 3.63) is 81.5 Å². The van der Waals surface area contributed by atoms with Gasteiger partial charge in [0.05, 0.1) is 5.69 Å². The third-order valence-corrected chi connectivity index (χ3v) is 3.77. The summed E-state index contributed by atoms with van der Waals surface area (Å²) >= 11 is 0. The number of nitrogens with one attached hydrogen (secondary N) is 1. The van der Waals surface area contributed by atoms with Gasteiger partial charge in [0, 0.05) is 5.56 Å². The largest absolute Gasteiger partial charge is 0.492 e. The lowest BCUT2D eigenvalue weighted by Crippen LogP contribution is -2.30. The van der Waals surface area contributed by atoms with Gasteiger partial charge in [-0.05, 0) is 12.1 Å². The lowest BCUT2D eigenvalue weighted by molar-refractivity contribution is 0.455. The maximum atomic E-state index is 12.3. The van der Waals surface area contributed by atoms with Crippen LogP contribution < -0.4 is 11.2 Å². The second kappa shape index (κ2) is 5.72. The molecule has 2 heterocycles. The molecule has 122 valence electrons. The van der Waals surface area contributed by atoms with E-state index < -0.39 is 11.2 Å². The number of fused-ring (bicyclic) bond motifs is 1. The zero-order valence-electron chi connectivity index (χ0n) is 12.9. The molecule has 0 aliphatic carbocycles. The highest BCUT2D eigenvalue weighted by atomic mass is 16.3. The minimum absolute atomic E-state index is 0.00266. The highest BCUT2D eigenvalue weighted by molar-refractivity contribution is 5.77. The minimum Gasteiger partial charge on any atom is -0.492 e. The van der Waals surface area contributed by atoms with Crippen molar-refractivity contribution < 1.29 is 5.11 Å². The lowest BCUT2D eigenvalue weighted by atomic mass is 10.1. The molecule has 2 aromatic carbocycles. The van der Waals surface area contributed by atoms with Crippen LogP contribution in [0.25, 0.3) is 28.1 Å². The SMILES string of the molecule is O=c1[nH]c(=O)n(-c2ccccc2)c2nc(O)c(-c3ccccc3)nc12. The monoisotopic (exact) mass is 332 g/mol. The Morgan fingerprint density at radius 3 is 2.20 bits per heavy atom. The summed E-state index contributed by atoms with van der Waals surface area (Å²) in [4.78, 5) is 35.1.